The van der Waals surface area contributed by atoms with Gasteiger partial charge < -0.3 is 20.5 Å². The van der Waals surface area contributed by atoms with Crippen molar-refractivity contribution in [3.63, 3.8) is 0 Å². The van der Waals surface area contributed by atoms with E-state index in [9.17, 15) is 22.8 Å². The fourth-order valence-electron chi connectivity index (χ4n) is 2.82. The van der Waals surface area contributed by atoms with Crippen molar-refractivity contribution in [2.24, 2.45) is 5.73 Å². The van der Waals surface area contributed by atoms with Gasteiger partial charge in [-0.25, -0.2) is 4.98 Å². The van der Waals surface area contributed by atoms with Gasteiger partial charge in [-0.3, -0.25) is 14.9 Å². The summed E-state index contributed by atoms with van der Waals surface area (Å²) in [7, 11) is 0. The topological polar surface area (TPSA) is 116 Å². The molecule has 0 fully saturated rings. The number of nitrogens with one attached hydrogen (secondary N) is 2. The first kappa shape index (κ1) is 25.4. The van der Waals surface area contributed by atoms with E-state index < -0.39 is 35.5 Å². The van der Waals surface area contributed by atoms with Crippen molar-refractivity contribution >= 4 is 38.5 Å². The number of fused-ring (bicyclic) bond motifs is 1. The number of anilines is 1. The summed E-state index contributed by atoms with van der Waals surface area (Å²) in [6.07, 6.45) is -4.81. The molecule has 0 saturated carbocycles. The van der Waals surface area contributed by atoms with Crippen molar-refractivity contribution in [1.29, 1.82) is 0 Å². The monoisotopic (exact) mass is 496 g/mol. The van der Waals surface area contributed by atoms with Crippen LogP contribution in [0.5, 0.6) is 5.75 Å². The molecule has 0 spiro atoms. The molecule has 3 rings (SSSR count). The first-order valence-corrected chi connectivity index (χ1v) is 10.9. The molecule has 1 atom stereocenters. The van der Waals surface area contributed by atoms with Gasteiger partial charge in [-0.05, 0) is 31.5 Å². The van der Waals surface area contributed by atoms with Gasteiger partial charge in [-0.2, -0.15) is 0 Å². The lowest BCUT2D eigenvalue weighted by atomic mass is 10.0. The molecule has 2 aromatic carbocycles. The van der Waals surface area contributed by atoms with Crippen LogP contribution in [-0.4, -0.2) is 41.3 Å². The van der Waals surface area contributed by atoms with Crippen LogP contribution in [0.15, 0.2) is 48.5 Å². The summed E-state index contributed by atoms with van der Waals surface area (Å²) in [4.78, 5) is 29.3. The van der Waals surface area contributed by atoms with Crippen molar-refractivity contribution in [2.75, 3.05) is 11.9 Å². The molecule has 0 aliphatic heterocycles. The third-order valence-corrected chi connectivity index (χ3v) is 5.50. The standard InChI is InChI=1S/C22H23F3N4O4S/c1-21(2,29-18(30)15(26)12-32-11-13-6-4-3-5-7-13)19(31)28-20-27-16-9-8-14(10-17(16)34-20)33-22(23,24)25/h3-10,15H,11-12,26H2,1-2H3,(H,29,30)(H,27,28,31)/t15-/m0/s1. The number of alkyl halides is 3. The zero-order valence-electron chi connectivity index (χ0n) is 18.3. The summed E-state index contributed by atoms with van der Waals surface area (Å²) in [5, 5.41) is 5.29. The minimum Gasteiger partial charge on any atom is -0.406 e. The number of ether oxygens (including phenoxy) is 2. The molecule has 34 heavy (non-hydrogen) atoms. The molecule has 0 radical (unpaired) electrons. The van der Waals surface area contributed by atoms with Crippen LogP contribution >= 0.6 is 11.3 Å². The van der Waals surface area contributed by atoms with Crippen LogP contribution in [0.1, 0.15) is 19.4 Å². The van der Waals surface area contributed by atoms with Gasteiger partial charge in [0.05, 0.1) is 23.4 Å². The molecule has 8 nitrogen and oxygen atoms in total. The van der Waals surface area contributed by atoms with Gasteiger partial charge in [0, 0.05) is 6.07 Å². The predicted molar refractivity (Wildman–Crippen MR) is 121 cm³/mol. The number of halogens is 3. The zero-order valence-corrected chi connectivity index (χ0v) is 19.1. The van der Waals surface area contributed by atoms with Crippen molar-refractivity contribution in [2.45, 2.75) is 38.4 Å². The Bertz CT molecular complexity index is 1150. The van der Waals surface area contributed by atoms with E-state index >= 15 is 0 Å². The van der Waals surface area contributed by atoms with E-state index in [1.807, 2.05) is 30.3 Å². The van der Waals surface area contributed by atoms with E-state index in [2.05, 4.69) is 20.4 Å². The molecule has 0 unspecified atom stereocenters. The van der Waals surface area contributed by atoms with Crippen LogP contribution in [-0.2, 0) is 20.9 Å². The van der Waals surface area contributed by atoms with Crippen molar-refractivity contribution < 1.29 is 32.2 Å². The second-order valence-corrected chi connectivity index (χ2v) is 8.90. The number of aromatic nitrogens is 1. The Morgan fingerprint density at radius 1 is 1.15 bits per heavy atom. The van der Waals surface area contributed by atoms with E-state index in [0.29, 0.717) is 16.8 Å². The normalized spacial score (nSPS) is 12.9. The van der Waals surface area contributed by atoms with Crippen LogP contribution in [0, 0.1) is 0 Å². The second-order valence-electron chi connectivity index (χ2n) is 7.87. The van der Waals surface area contributed by atoms with E-state index in [1.54, 1.807) is 0 Å². The van der Waals surface area contributed by atoms with Gasteiger partial charge in [0.15, 0.2) is 5.13 Å². The number of rotatable bonds is 9. The van der Waals surface area contributed by atoms with Crippen LogP contribution in [0.2, 0.25) is 0 Å². The first-order valence-electron chi connectivity index (χ1n) is 10.1. The van der Waals surface area contributed by atoms with Gasteiger partial charge in [-0.15, -0.1) is 13.2 Å². The maximum absolute atomic E-state index is 12.7. The molecule has 2 amide bonds. The van der Waals surface area contributed by atoms with Gasteiger partial charge in [-0.1, -0.05) is 41.7 Å². The number of carbonyl (C=O) groups is 2. The van der Waals surface area contributed by atoms with Crippen molar-refractivity contribution in [3.05, 3.63) is 54.1 Å². The molecule has 3 aromatic rings. The van der Waals surface area contributed by atoms with Gasteiger partial charge in [0.25, 0.3) is 5.91 Å². The van der Waals surface area contributed by atoms with Crippen LogP contribution in [0.25, 0.3) is 10.2 Å². The maximum Gasteiger partial charge on any atom is 0.573 e. The average Bonchev–Trinajstić information content (AvgIpc) is 3.14. The highest BCUT2D eigenvalue weighted by atomic mass is 32.1. The number of benzene rings is 2. The van der Waals surface area contributed by atoms with E-state index in [0.717, 1.165) is 23.0 Å². The highest BCUT2D eigenvalue weighted by Gasteiger charge is 2.33. The lowest BCUT2D eigenvalue weighted by Crippen LogP contribution is -2.57. The van der Waals surface area contributed by atoms with Crippen LogP contribution in [0.3, 0.4) is 0 Å². The Morgan fingerprint density at radius 3 is 2.53 bits per heavy atom. The summed E-state index contributed by atoms with van der Waals surface area (Å²) in [6.45, 7) is 3.22. The quantitative estimate of drug-likeness (QED) is 0.417. The summed E-state index contributed by atoms with van der Waals surface area (Å²) >= 11 is 0.968. The third kappa shape index (κ3) is 7.14. The smallest absolute Gasteiger partial charge is 0.406 e. The van der Waals surface area contributed by atoms with Gasteiger partial charge >= 0.3 is 6.36 Å². The highest BCUT2D eigenvalue weighted by molar-refractivity contribution is 7.22. The molecular weight excluding hydrogens is 473 g/mol. The molecule has 1 heterocycles. The Hall–Kier alpha value is -3.22. The van der Waals surface area contributed by atoms with E-state index in [-0.39, 0.29) is 11.7 Å². The molecule has 0 bridgehead atoms. The largest absolute Gasteiger partial charge is 0.573 e. The summed E-state index contributed by atoms with van der Waals surface area (Å²) in [5.41, 5.74) is 5.85. The number of carbonyl (C=O) groups excluding carboxylic acids is 2. The van der Waals surface area contributed by atoms with Crippen LogP contribution in [0.4, 0.5) is 18.3 Å². The molecule has 0 aliphatic carbocycles. The fraction of sp³-hybridized carbons (Fsp3) is 0.318. The van der Waals surface area contributed by atoms with Crippen LogP contribution < -0.4 is 21.1 Å². The highest BCUT2D eigenvalue weighted by Crippen LogP contribution is 2.31. The predicted octanol–water partition coefficient (Wildman–Crippen LogP) is 3.57. The molecular formula is C22H23F3N4O4S. The Labute approximate surface area is 197 Å². The van der Waals surface area contributed by atoms with Crippen molar-refractivity contribution in [3.8, 4) is 5.75 Å². The summed E-state index contributed by atoms with van der Waals surface area (Å²) in [5.74, 6) is -1.55. The minimum atomic E-state index is -4.81. The lowest BCUT2D eigenvalue weighted by molar-refractivity contribution is -0.274. The van der Waals surface area contributed by atoms with E-state index in [1.165, 1.54) is 26.0 Å². The lowest BCUT2D eigenvalue weighted by Gasteiger charge is -2.26. The number of nitrogens with two attached hydrogens (primary N) is 1. The van der Waals surface area contributed by atoms with Gasteiger partial charge in [0.2, 0.25) is 5.91 Å². The third-order valence-electron chi connectivity index (χ3n) is 4.56. The molecule has 1 aromatic heterocycles. The number of amides is 2. The maximum atomic E-state index is 12.7. The fourth-order valence-corrected chi connectivity index (χ4v) is 3.71. The number of hydrogen-bond donors (Lipinski definition) is 3. The molecule has 0 saturated heterocycles. The Morgan fingerprint density at radius 2 is 1.85 bits per heavy atom. The van der Waals surface area contributed by atoms with E-state index in [4.69, 9.17) is 10.5 Å². The second kappa shape index (κ2) is 10.4. The van der Waals surface area contributed by atoms with Gasteiger partial charge in [0.1, 0.15) is 17.3 Å². The number of nitrogens with zero attached hydrogens (tertiary/aromatic N) is 1. The SMILES string of the molecule is CC(C)(NC(=O)[C@@H](N)COCc1ccccc1)C(=O)Nc1nc2ccc(OC(F)(F)F)cc2s1. The molecule has 4 N–H and O–H groups in total. The number of thiazole rings is 1. The molecule has 182 valence electrons. The molecule has 0 aliphatic rings. The summed E-state index contributed by atoms with van der Waals surface area (Å²) in [6, 6.07) is 12.0. The Kier molecular flexibility index (Phi) is 7.75. The number of hydrogen-bond acceptors (Lipinski definition) is 7. The molecule has 12 heteroatoms. The zero-order chi connectivity index (χ0) is 24.9. The van der Waals surface area contributed by atoms with Crippen molar-refractivity contribution in [1.82, 2.24) is 10.3 Å². The summed E-state index contributed by atoms with van der Waals surface area (Å²) < 4.78 is 47.0. The Balaban J connectivity index is 1.55. The average molecular weight is 497 g/mol. The first-order chi connectivity index (χ1) is 15.9. The minimum absolute atomic E-state index is 0.0430.